The summed E-state index contributed by atoms with van der Waals surface area (Å²) in [5.74, 6) is 1.17. The molecule has 0 amide bonds. The number of carbonyl (C=O) groups excluding carboxylic acids is 1. The first-order valence-electron chi connectivity index (χ1n) is 8.25. The smallest absolute Gasteiger partial charge is 0.120 e. The molecule has 0 fully saturated rings. The van der Waals surface area contributed by atoms with Crippen LogP contribution in [0, 0.1) is 11.8 Å². The minimum Gasteiger partial charge on any atom is -0.303 e. The Labute approximate surface area is 130 Å². The quantitative estimate of drug-likeness (QED) is 0.587. The summed E-state index contributed by atoms with van der Waals surface area (Å²) in [6.45, 7) is 7.75. The van der Waals surface area contributed by atoms with Gasteiger partial charge in [-0.15, -0.1) is 0 Å². The molecule has 0 aliphatic heterocycles. The van der Waals surface area contributed by atoms with Gasteiger partial charge in [0.2, 0.25) is 0 Å². The molecule has 3 atom stereocenters. The van der Waals surface area contributed by atoms with Crippen LogP contribution in [0.4, 0.5) is 0 Å². The average molecular weight is 289 g/mol. The Kier molecular flexibility index (Phi) is 8.29. The highest BCUT2D eigenvalue weighted by Crippen LogP contribution is 2.21. The molecule has 1 rings (SSSR count). The van der Waals surface area contributed by atoms with E-state index in [9.17, 15) is 4.79 Å². The highest BCUT2D eigenvalue weighted by Gasteiger charge is 2.19. The second-order valence-corrected chi connectivity index (χ2v) is 6.36. The minimum absolute atomic E-state index is 0.396. The van der Waals surface area contributed by atoms with Crippen LogP contribution in [-0.2, 0) is 4.79 Å². The van der Waals surface area contributed by atoms with Crippen LogP contribution < -0.4 is 0 Å². The van der Waals surface area contributed by atoms with Crippen molar-refractivity contribution >= 4 is 6.29 Å². The second-order valence-electron chi connectivity index (χ2n) is 6.36. The van der Waals surface area contributed by atoms with Crippen molar-refractivity contribution in [2.45, 2.75) is 52.5 Å². The van der Waals surface area contributed by atoms with Crippen LogP contribution in [-0.4, -0.2) is 30.8 Å². The molecule has 2 heteroatoms. The third-order valence-electron chi connectivity index (χ3n) is 4.58. The van der Waals surface area contributed by atoms with Crippen LogP contribution in [0.3, 0.4) is 0 Å². The van der Waals surface area contributed by atoms with Crippen LogP contribution in [0.15, 0.2) is 36.0 Å². The predicted octanol–water partition coefficient (Wildman–Crippen LogP) is 4.39. The number of hydrogen-bond acceptors (Lipinski definition) is 2. The van der Waals surface area contributed by atoms with Gasteiger partial charge in [-0.05, 0) is 44.2 Å². The molecule has 0 saturated heterocycles. The molecule has 21 heavy (non-hydrogen) atoms. The molecule has 0 radical (unpaired) electrons. The van der Waals surface area contributed by atoms with Crippen molar-refractivity contribution in [1.29, 1.82) is 0 Å². The number of nitrogens with zero attached hydrogens (tertiary/aromatic N) is 1. The van der Waals surface area contributed by atoms with Crippen molar-refractivity contribution in [2.75, 3.05) is 13.6 Å². The lowest BCUT2D eigenvalue weighted by Gasteiger charge is -2.30. The van der Waals surface area contributed by atoms with Gasteiger partial charge < -0.3 is 4.79 Å². The first-order chi connectivity index (χ1) is 10.1. The molecule has 1 aliphatic carbocycles. The highest BCUT2D eigenvalue weighted by atomic mass is 16.1. The number of aldehydes is 1. The van der Waals surface area contributed by atoms with Gasteiger partial charge in [0.05, 0.1) is 0 Å². The van der Waals surface area contributed by atoms with E-state index in [1.54, 1.807) is 0 Å². The summed E-state index contributed by atoms with van der Waals surface area (Å²) >= 11 is 0. The van der Waals surface area contributed by atoms with Crippen LogP contribution in [0.2, 0.25) is 0 Å². The Hall–Kier alpha value is -1.15. The largest absolute Gasteiger partial charge is 0.303 e. The van der Waals surface area contributed by atoms with Crippen LogP contribution in [0.25, 0.3) is 0 Å². The third kappa shape index (κ3) is 6.43. The van der Waals surface area contributed by atoms with Crippen LogP contribution >= 0.6 is 0 Å². The van der Waals surface area contributed by atoms with Crippen LogP contribution in [0.1, 0.15) is 46.5 Å². The topological polar surface area (TPSA) is 20.3 Å². The van der Waals surface area contributed by atoms with Crippen molar-refractivity contribution in [3.63, 3.8) is 0 Å². The summed E-state index contributed by atoms with van der Waals surface area (Å²) in [6.07, 6.45) is 16.0. The number of carbonyl (C=O) groups is 1. The SMILES string of the molecule is CCC(C)CC(CC=O)CN(C)C(C)C1=CCC=CC=C1. The van der Waals surface area contributed by atoms with Gasteiger partial charge in [0, 0.05) is 19.0 Å². The maximum absolute atomic E-state index is 10.9. The number of rotatable bonds is 9. The lowest BCUT2D eigenvalue weighted by molar-refractivity contribution is -0.108. The van der Waals surface area contributed by atoms with Gasteiger partial charge in [-0.2, -0.15) is 0 Å². The summed E-state index contributed by atoms with van der Waals surface area (Å²) in [4.78, 5) is 13.3. The van der Waals surface area contributed by atoms with E-state index in [-0.39, 0.29) is 0 Å². The Morgan fingerprint density at radius 3 is 2.76 bits per heavy atom. The molecule has 1 aliphatic rings. The molecule has 118 valence electrons. The minimum atomic E-state index is 0.396. The maximum atomic E-state index is 10.9. The Bertz CT molecular complexity index is 394. The third-order valence-corrected chi connectivity index (χ3v) is 4.58. The van der Waals surface area contributed by atoms with Gasteiger partial charge in [0.25, 0.3) is 0 Å². The van der Waals surface area contributed by atoms with Crippen molar-refractivity contribution in [2.24, 2.45) is 11.8 Å². The fraction of sp³-hybridized carbons (Fsp3) is 0.632. The highest BCUT2D eigenvalue weighted by molar-refractivity contribution is 5.49. The molecule has 0 saturated carbocycles. The average Bonchev–Trinajstić information content (AvgIpc) is 2.75. The van der Waals surface area contributed by atoms with Gasteiger partial charge in [-0.1, -0.05) is 50.6 Å². The number of allylic oxidation sites excluding steroid dienone is 4. The molecule has 0 aromatic heterocycles. The summed E-state index contributed by atoms with van der Waals surface area (Å²) in [5, 5.41) is 0. The van der Waals surface area contributed by atoms with Gasteiger partial charge in [-0.25, -0.2) is 0 Å². The van der Waals surface area contributed by atoms with Crippen molar-refractivity contribution < 1.29 is 4.79 Å². The van der Waals surface area contributed by atoms with E-state index in [1.807, 2.05) is 0 Å². The molecule has 0 bridgehead atoms. The number of likely N-dealkylation sites (N-methyl/N-ethyl adjacent to an activating group) is 1. The van der Waals surface area contributed by atoms with Crippen molar-refractivity contribution in [3.05, 3.63) is 36.0 Å². The molecule has 0 heterocycles. The molecule has 0 spiro atoms. The van der Waals surface area contributed by atoms with E-state index in [4.69, 9.17) is 0 Å². The summed E-state index contributed by atoms with van der Waals surface area (Å²) in [5.41, 5.74) is 1.37. The van der Waals surface area contributed by atoms with Gasteiger partial charge in [0.15, 0.2) is 0 Å². The molecule has 0 aromatic rings. The fourth-order valence-electron chi connectivity index (χ4n) is 2.84. The first-order valence-corrected chi connectivity index (χ1v) is 8.25. The van der Waals surface area contributed by atoms with Crippen molar-refractivity contribution in [1.82, 2.24) is 4.90 Å². The zero-order chi connectivity index (χ0) is 15.7. The molecular weight excluding hydrogens is 258 g/mol. The summed E-state index contributed by atoms with van der Waals surface area (Å²) in [7, 11) is 2.17. The van der Waals surface area contributed by atoms with E-state index in [1.165, 1.54) is 12.0 Å². The van der Waals surface area contributed by atoms with Gasteiger partial charge in [-0.3, -0.25) is 4.90 Å². The van der Waals surface area contributed by atoms with Gasteiger partial charge >= 0.3 is 0 Å². The lowest BCUT2D eigenvalue weighted by atomic mass is 9.91. The molecule has 0 aromatic carbocycles. The molecule has 3 unspecified atom stereocenters. The van der Waals surface area contributed by atoms with Crippen molar-refractivity contribution in [3.8, 4) is 0 Å². The zero-order valence-electron chi connectivity index (χ0n) is 14.1. The van der Waals surface area contributed by atoms with E-state index < -0.39 is 0 Å². The standard InChI is InChI=1S/C19H31NO/c1-5-16(2)14-18(12-13-21)15-20(4)17(3)19-10-8-6-7-9-11-19/h6-8,10-11,13,16-18H,5,9,12,14-15H2,1-4H3. The van der Waals surface area contributed by atoms with Crippen LogP contribution in [0.5, 0.6) is 0 Å². The van der Waals surface area contributed by atoms with E-state index >= 15 is 0 Å². The molecule has 0 N–H and O–H groups in total. The lowest BCUT2D eigenvalue weighted by Crippen LogP contribution is -2.35. The summed E-state index contributed by atoms with van der Waals surface area (Å²) in [6, 6.07) is 0.396. The fourth-order valence-corrected chi connectivity index (χ4v) is 2.84. The van der Waals surface area contributed by atoms with Gasteiger partial charge in [0.1, 0.15) is 6.29 Å². The normalized spacial score (nSPS) is 19.0. The Morgan fingerprint density at radius 1 is 1.33 bits per heavy atom. The maximum Gasteiger partial charge on any atom is 0.120 e. The van der Waals surface area contributed by atoms with E-state index in [0.29, 0.717) is 24.3 Å². The van der Waals surface area contributed by atoms with E-state index in [2.05, 4.69) is 63.1 Å². The molecular formula is C19H31NO. The first kappa shape index (κ1) is 17.9. The Morgan fingerprint density at radius 2 is 2.10 bits per heavy atom. The zero-order valence-corrected chi connectivity index (χ0v) is 14.1. The second kappa shape index (κ2) is 9.73. The summed E-state index contributed by atoms with van der Waals surface area (Å²) < 4.78 is 0. The molecule has 2 nitrogen and oxygen atoms in total. The monoisotopic (exact) mass is 289 g/mol. The predicted molar refractivity (Wildman–Crippen MR) is 91.3 cm³/mol. The number of hydrogen-bond donors (Lipinski definition) is 0. The van der Waals surface area contributed by atoms with E-state index in [0.717, 1.165) is 25.7 Å². The Balaban J connectivity index is 2.60.